The van der Waals surface area contributed by atoms with Crippen LogP contribution < -0.4 is 4.74 Å². The molecule has 0 bridgehead atoms. The summed E-state index contributed by atoms with van der Waals surface area (Å²) in [7, 11) is 0.853. The van der Waals surface area contributed by atoms with Crippen LogP contribution in [-0.4, -0.2) is 60.7 Å². The van der Waals surface area contributed by atoms with Crippen LogP contribution >= 0.6 is 11.3 Å². The van der Waals surface area contributed by atoms with Gasteiger partial charge in [-0.2, -0.15) is 8.78 Å². The van der Waals surface area contributed by atoms with Crippen molar-refractivity contribution in [3.05, 3.63) is 5.01 Å². The van der Waals surface area contributed by atoms with Crippen molar-refractivity contribution in [2.45, 2.75) is 32.9 Å². The van der Waals surface area contributed by atoms with E-state index in [0.717, 1.165) is 12.2 Å². The number of amides is 1. The molecule has 0 unspecified atom stereocenters. The van der Waals surface area contributed by atoms with E-state index in [9.17, 15) is 13.6 Å². The van der Waals surface area contributed by atoms with Gasteiger partial charge in [-0.15, -0.1) is 5.10 Å². The van der Waals surface area contributed by atoms with Crippen LogP contribution in [0.25, 0.3) is 0 Å². The van der Waals surface area contributed by atoms with Crippen LogP contribution in [0, 0.1) is 0 Å². The van der Waals surface area contributed by atoms with E-state index >= 15 is 0 Å². The van der Waals surface area contributed by atoms with Crippen LogP contribution in [0.4, 0.5) is 8.78 Å². The third-order valence-corrected chi connectivity index (χ3v) is 3.49. The number of methoxy groups -OCH3 is 1. The minimum atomic E-state index is -3.55. The first kappa shape index (κ1) is 20.6. The van der Waals surface area contributed by atoms with Gasteiger partial charge in [0.2, 0.25) is 5.01 Å². The van der Waals surface area contributed by atoms with Gasteiger partial charge in [-0.3, -0.25) is 9.63 Å². The number of nitrogens with zero attached hydrogens (tertiary/aromatic N) is 3. The van der Waals surface area contributed by atoms with Gasteiger partial charge in [0.05, 0.1) is 19.3 Å². The maximum absolute atomic E-state index is 13.3. The topological polar surface area (TPSA) is 83.0 Å². The van der Waals surface area contributed by atoms with Gasteiger partial charge in [-0.25, -0.2) is 5.06 Å². The summed E-state index contributed by atoms with van der Waals surface area (Å²) in [6.45, 7) is 6.07. The molecule has 1 aromatic rings. The van der Waals surface area contributed by atoms with Crippen molar-refractivity contribution in [3.63, 3.8) is 0 Å². The highest BCUT2D eigenvalue weighted by Gasteiger charge is 2.36. The third-order valence-electron chi connectivity index (χ3n) is 2.61. The molecule has 0 saturated heterocycles. The summed E-state index contributed by atoms with van der Waals surface area (Å²) in [6, 6.07) is -0.231. The van der Waals surface area contributed by atoms with Crippen LogP contribution in [0.5, 0.6) is 5.19 Å². The van der Waals surface area contributed by atoms with E-state index in [4.69, 9.17) is 14.3 Å². The Kier molecular flexibility index (Phi) is 8.39. The number of carbonyl (C=O) groups excluding carboxylic acids is 1. The van der Waals surface area contributed by atoms with E-state index in [-0.39, 0.29) is 17.8 Å². The predicted molar refractivity (Wildman–Crippen MR) is 80.7 cm³/mol. The maximum atomic E-state index is 13.3. The number of hydrogen-bond donors (Lipinski definition) is 0. The van der Waals surface area contributed by atoms with Gasteiger partial charge in [0, 0.05) is 13.7 Å². The van der Waals surface area contributed by atoms with Crippen molar-refractivity contribution in [2.24, 2.45) is 0 Å². The SMILES string of the molecule is CCOCCON(C(=O)COc1nnc(C(F)(F)OC)s1)C(C)C. The normalized spacial score (nSPS) is 11.8. The van der Waals surface area contributed by atoms with Crippen LogP contribution in [0.2, 0.25) is 0 Å². The Balaban J connectivity index is 2.53. The first-order valence-electron chi connectivity index (χ1n) is 7.24. The lowest BCUT2D eigenvalue weighted by molar-refractivity contribution is -0.231. The molecular weight excluding hydrogens is 348 g/mol. The number of rotatable bonds is 11. The number of hydroxylamine groups is 2. The van der Waals surface area contributed by atoms with E-state index in [2.05, 4.69) is 14.9 Å². The summed E-state index contributed by atoms with van der Waals surface area (Å²) >= 11 is 0.500. The van der Waals surface area contributed by atoms with Gasteiger partial charge in [0.15, 0.2) is 6.61 Å². The molecule has 0 saturated carbocycles. The van der Waals surface area contributed by atoms with Crippen molar-refractivity contribution in [2.75, 3.05) is 33.5 Å². The molecule has 0 aromatic carbocycles. The van der Waals surface area contributed by atoms with Gasteiger partial charge in [0.25, 0.3) is 11.1 Å². The van der Waals surface area contributed by atoms with Crippen LogP contribution in [0.3, 0.4) is 0 Å². The molecule has 8 nitrogen and oxygen atoms in total. The van der Waals surface area contributed by atoms with Gasteiger partial charge in [-0.1, -0.05) is 16.4 Å². The molecule has 0 aliphatic rings. The van der Waals surface area contributed by atoms with E-state index in [0.29, 0.717) is 24.6 Å². The van der Waals surface area contributed by atoms with E-state index in [1.165, 1.54) is 0 Å². The highest BCUT2D eigenvalue weighted by molar-refractivity contribution is 7.13. The number of aromatic nitrogens is 2. The lowest BCUT2D eigenvalue weighted by atomic mass is 10.4. The summed E-state index contributed by atoms with van der Waals surface area (Å²) in [5, 5.41) is 7.06. The molecule has 0 aliphatic heterocycles. The molecule has 1 aromatic heterocycles. The Hall–Kier alpha value is -1.43. The Bertz CT molecular complexity index is 516. The zero-order valence-corrected chi connectivity index (χ0v) is 14.8. The molecule has 0 aliphatic carbocycles. The third kappa shape index (κ3) is 6.23. The fourth-order valence-electron chi connectivity index (χ4n) is 1.51. The summed E-state index contributed by atoms with van der Waals surface area (Å²) in [4.78, 5) is 17.4. The molecule has 1 rings (SSSR count). The molecule has 0 radical (unpaired) electrons. The second-order valence-electron chi connectivity index (χ2n) is 4.73. The molecule has 1 heterocycles. The summed E-state index contributed by atoms with van der Waals surface area (Å²) in [6.07, 6.45) is -3.55. The average molecular weight is 369 g/mol. The lowest BCUT2D eigenvalue weighted by Crippen LogP contribution is -2.40. The van der Waals surface area contributed by atoms with E-state index in [1.807, 2.05) is 6.92 Å². The van der Waals surface area contributed by atoms with Crippen molar-refractivity contribution in [1.82, 2.24) is 15.3 Å². The summed E-state index contributed by atoms with van der Waals surface area (Å²) in [5.41, 5.74) is 0. The zero-order valence-electron chi connectivity index (χ0n) is 14.0. The van der Waals surface area contributed by atoms with Crippen molar-refractivity contribution < 1.29 is 32.6 Å². The lowest BCUT2D eigenvalue weighted by Gasteiger charge is -2.25. The first-order chi connectivity index (χ1) is 11.3. The van der Waals surface area contributed by atoms with Gasteiger partial charge < -0.3 is 14.2 Å². The second kappa shape index (κ2) is 9.77. The highest BCUT2D eigenvalue weighted by atomic mass is 32.1. The first-order valence-corrected chi connectivity index (χ1v) is 8.05. The Morgan fingerprint density at radius 2 is 2.04 bits per heavy atom. The van der Waals surface area contributed by atoms with Gasteiger partial charge in [-0.05, 0) is 20.8 Å². The fraction of sp³-hybridized carbons (Fsp3) is 0.769. The van der Waals surface area contributed by atoms with Crippen molar-refractivity contribution >= 4 is 17.2 Å². The minimum Gasteiger partial charge on any atom is -0.459 e. The number of halogens is 2. The molecule has 24 heavy (non-hydrogen) atoms. The molecule has 0 fully saturated rings. The van der Waals surface area contributed by atoms with Crippen molar-refractivity contribution in [3.8, 4) is 5.19 Å². The molecule has 11 heteroatoms. The maximum Gasteiger partial charge on any atom is 0.411 e. The summed E-state index contributed by atoms with van der Waals surface area (Å²) in [5.74, 6) is -0.475. The quantitative estimate of drug-likeness (QED) is 0.435. The average Bonchev–Trinajstić information content (AvgIpc) is 3.02. The molecule has 0 N–H and O–H groups in total. The minimum absolute atomic E-state index is 0.159. The molecule has 1 amide bonds. The molecule has 138 valence electrons. The van der Waals surface area contributed by atoms with E-state index in [1.54, 1.807) is 13.8 Å². The number of carbonyl (C=O) groups is 1. The molecular formula is C13H21F2N3O5S. The molecule has 0 spiro atoms. The van der Waals surface area contributed by atoms with Crippen LogP contribution in [-0.2, 0) is 25.2 Å². The van der Waals surface area contributed by atoms with E-state index < -0.39 is 23.6 Å². The highest BCUT2D eigenvalue weighted by Crippen LogP contribution is 2.33. The molecule has 0 atom stereocenters. The standard InChI is InChI=1S/C13H21F2N3O5S/c1-5-21-6-7-23-18(9(2)3)10(19)8-22-12-17-16-11(24-12)13(14,15)20-4/h9H,5-8H2,1-4H3. The Morgan fingerprint density at radius 3 is 2.62 bits per heavy atom. The Labute approximate surface area is 142 Å². The van der Waals surface area contributed by atoms with Crippen LogP contribution in [0.1, 0.15) is 25.8 Å². The number of hydrogen-bond acceptors (Lipinski definition) is 8. The Morgan fingerprint density at radius 1 is 1.33 bits per heavy atom. The number of alkyl halides is 2. The number of ether oxygens (including phenoxy) is 3. The smallest absolute Gasteiger partial charge is 0.411 e. The largest absolute Gasteiger partial charge is 0.459 e. The van der Waals surface area contributed by atoms with Gasteiger partial charge >= 0.3 is 6.11 Å². The monoisotopic (exact) mass is 369 g/mol. The fourth-order valence-corrected chi connectivity index (χ4v) is 2.16. The van der Waals surface area contributed by atoms with Crippen molar-refractivity contribution in [1.29, 1.82) is 0 Å². The summed E-state index contributed by atoms with van der Waals surface area (Å²) < 4.78 is 40.7. The van der Waals surface area contributed by atoms with Gasteiger partial charge in [0.1, 0.15) is 0 Å². The zero-order chi connectivity index (χ0) is 18.2. The van der Waals surface area contributed by atoms with Crippen LogP contribution in [0.15, 0.2) is 0 Å². The second-order valence-corrected chi connectivity index (χ2v) is 5.67. The predicted octanol–water partition coefficient (Wildman–Crippen LogP) is 1.82.